The quantitative estimate of drug-likeness (QED) is 0.812. The van der Waals surface area contributed by atoms with Gasteiger partial charge in [-0.15, -0.1) is 0 Å². The molecule has 2 N–H and O–H groups in total. The van der Waals surface area contributed by atoms with Crippen molar-refractivity contribution in [2.45, 2.75) is 20.3 Å². The van der Waals surface area contributed by atoms with Gasteiger partial charge in [0.1, 0.15) is 0 Å². The molecule has 0 amide bonds. The number of nitrogens with two attached hydrogens (primary N) is 1. The fraction of sp³-hybridized carbons (Fsp3) is 0.571. The summed E-state index contributed by atoms with van der Waals surface area (Å²) in [6, 6.07) is 6.35. The molecule has 0 unspecified atom stereocenters. The van der Waals surface area contributed by atoms with Gasteiger partial charge in [0, 0.05) is 37.6 Å². The highest BCUT2D eigenvalue weighted by atomic mass is 15.3. The van der Waals surface area contributed by atoms with Gasteiger partial charge in [-0.2, -0.15) is 0 Å². The van der Waals surface area contributed by atoms with Crippen LogP contribution in [-0.2, 0) is 0 Å². The summed E-state index contributed by atoms with van der Waals surface area (Å²) in [6.45, 7) is 10.2. The molecule has 0 bridgehead atoms. The van der Waals surface area contributed by atoms with E-state index in [1.54, 1.807) is 0 Å². The van der Waals surface area contributed by atoms with Gasteiger partial charge in [-0.05, 0) is 43.7 Å². The molecule has 0 spiro atoms. The lowest BCUT2D eigenvalue weighted by Gasteiger charge is -2.36. The number of nitrogen functional groups attached to an aromatic ring is 1. The molecule has 1 aromatic rings. The summed E-state index contributed by atoms with van der Waals surface area (Å²) in [5.41, 5.74) is 9.23. The normalized spacial score (nSPS) is 17.4. The first kappa shape index (κ1) is 12.2. The van der Waals surface area contributed by atoms with Crippen molar-refractivity contribution in [1.29, 1.82) is 0 Å². The Morgan fingerprint density at radius 1 is 1.18 bits per heavy atom. The number of rotatable bonds is 3. The van der Waals surface area contributed by atoms with Crippen LogP contribution in [0.3, 0.4) is 0 Å². The van der Waals surface area contributed by atoms with E-state index in [9.17, 15) is 0 Å². The molecule has 0 radical (unpaired) electrons. The van der Waals surface area contributed by atoms with Gasteiger partial charge in [0.15, 0.2) is 0 Å². The van der Waals surface area contributed by atoms with Gasteiger partial charge in [-0.1, -0.05) is 6.92 Å². The first-order chi connectivity index (χ1) is 8.20. The fourth-order valence-electron chi connectivity index (χ4n) is 2.40. The number of piperazine rings is 1. The zero-order chi connectivity index (χ0) is 12.3. The summed E-state index contributed by atoms with van der Waals surface area (Å²) in [5.74, 6) is 0. The predicted octanol–water partition coefficient (Wildman–Crippen LogP) is 2.11. The molecule has 1 aliphatic rings. The Kier molecular flexibility index (Phi) is 3.89. The van der Waals surface area contributed by atoms with Crippen molar-refractivity contribution in [3.63, 3.8) is 0 Å². The summed E-state index contributed by atoms with van der Waals surface area (Å²) in [7, 11) is 0. The van der Waals surface area contributed by atoms with Crippen molar-refractivity contribution >= 4 is 11.4 Å². The molecule has 0 saturated carbocycles. The van der Waals surface area contributed by atoms with E-state index >= 15 is 0 Å². The van der Waals surface area contributed by atoms with Crippen molar-refractivity contribution < 1.29 is 0 Å². The molecule has 1 aliphatic heterocycles. The SMILES string of the molecule is CCCN1CCN(c2ccc(N)c(C)c2)CC1. The van der Waals surface area contributed by atoms with Crippen LogP contribution in [0.25, 0.3) is 0 Å². The van der Waals surface area contributed by atoms with E-state index in [-0.39, 0.29) is 0 Å². The molecule has 0 atom stereocenters. The summed E-state index contributed by atoms with van der Waals surface area (Å²) in [5, 5.41) is 0. The van der Waals surface area contributed by atoms with Gasteiger partial charge in [0.2, 0.25) is 0 Å². The molecule has 3 heteroatoms. The second-order valence-corrected chi connectivity index (χ2v) is 4.87. The third-order valence-corrected chi connectivity index (χ3v) is 3.53. The van der Waals surface area contributed by atoms with Crippen molar-refractivity contribution in [3.05, 3.63) is 23.8 Å². The van der Waals surface area contributed by atoms with Crippen LogP contribution in [0.1, 0.15) is 18.9 Å². The van der Waals surface area contributed by atoms with E-state index in [0.717, 1.165) is 18.8 Å². The second-order valence-electron chi connectivity index (χ2n) is 4.87. The van der Waals surface area contributed by atoms with Gasteiger partial charge in [0.05, 0.1) is 0 Å². The molecule has 0 aliphatic carbocycles. The Morgan fingerprint density at radius 2 is 1.88 bits per heavy atom. The Morgan fingerprint density at radius 3 is 2.47 bits per heavy atom. The molecule has 94 valence electrons. The van der Waals surface area contributed by atoms with E-state index in [1.807, 2.05) is 6.07 Å². The van der Waals surface area contributed by atoms with Crippen LogP contribution >= 0.6 is 0 Å². The molecular weight excluding hydrogens is 210 g/mol. The van der Waals surface area contributed by atoms with Crippen molar-refractivity contribution in [2.24, 2.45) is 0 Å². The van der Waals surface area contributed by atoms with Gasteiger partial charge >= 0.3 is 0 Å². The van der Waals surface area contributed by atoms with E-state index in [0.29, 0.717) is 0 Å². The van der Waals surface area contributed by atoms with Crippen LogP contribution < -0.4 is 10.6 Å². The Balaban J connectivity index is 1.98. The number of nitrogens with zero attached hydrogens (tertiary/aromatic N) is 2. The Labute approximate surface area is 104 Å². The molecule has 1 fully saturated rings. The van der Waals surface area contributed by atoms with Crippen LogP contribution in [0.2, 0.25) is 0 Å². The summed E-state index contributed by atoms with van der Waals surface area (Å²) in [6.07, 6.45) is 1.25. The maximum absolute atomic E-state index is 5.85. The van der Waals surface area contributed by atoms with Crippen molar-refractivity contribution in [1.82, 2.24) is 4.90 Å². The third-order valence-electron chi connectivity index (χ3n) is 3.53. The van der Waals surface area contributed by atoms with Crippen molar-refractivity contribution in [3.8, 4) is 0 Å². The highest BCUT2D eigenvalue weighted by molar-refractivity contribution is 5.58. The topological polar surface area (TPSA) is 32.5 Å². The van der Waals surface area contributed by atoms with Crippen molar-refractivity contribution in [2.75, 3.05) is 43.4 Å². The monoisotopic (exact) mass is 233 g/mol. The van der Waals surface area contributed by atoms with E-state index in [2.05, 4.69) is 35.8 Å². The van der Waals surface area contributed by atoms with E-state index in [1.165, 1.54) is 37.3 Å². The average molecular weight is 233 g/mol. The standard InChI is InChI=1S/C14H23N3/c1-3-6-16-7-9-17(10-8-16)13-4-5-14(15)12(2)11-13/h4-5,11H,3,6-10,15H2,1-2H3. The molecule has 17 heavy (non-hydrogen) atoms. The number of hydrogen-bond donors (Lipinski definition) is 1. The minimum absolute atomic E-state index is 0.887. The molecule has 0 aromatic heterocycles. The average Bonchev–Trinajstić information content (AvgIpc) is 2.34. The summed E-state index contributed by atoms with van der Waals surface area (Å²) in [4.78, 5) is 5.00. The summed E-state index contributed by atoms with van der Waals surface area (Å²) < 4.78 is 0. The molecule has 1 heterocycles. The molecular formula is C14H23N3. The predicted molar refractivity (Wildman–Crippen MR) is 74.5 cm³/mol. The fourth-order valence-corrected chi connectivity index (χ4v) is 2.40. The van der Waals surface area contributed by atoms with Crippen LogP contribution in [-0.4, -0.2) is 37.6 Å². The molecule has 2 rings (SSSR count). The zero-order valence-corrected chi connectivity index (χ0v) is 10.9. The maximum Gasteiger partial charge on any atom is 0.0371 e. The minimum Gasteiger partial charge on any atom is -0.399 e. The Hall–Kier alpha value is -1.22. The number of anilines is 2. The van der Waals surface area contributed by atoms with Gasteiger partial charge in [-0.3, -0.25) is 4.90 Å². The highest BCUT2D eigenvalue weighted by Crippen LogP contribution is 2.21. The van der Waals surface area contributed by atoms with E-state index in [4.69, 9.17) is 5.73 Å². The second kappa shape index (κ2) is 5.41. The minimum atomic E-state index is 0.887. The lowest BCUT2D eigenvalue weighted by Crippen LogP contribution is -2.46. The highest BCUT2D eigenvalue weighted by Gasteiger charge is 2.16. The smallest absolute Gasteiger partial charge is 0.0371 e. The molecule has 1 aromatic carbocycles. The van der Waals surface area contributed by atoms with Crippen LogP contribution in [0.5, 0.6) is 0 Å². The largest absolute Gasteiger partial charge is 0.399 e. The first-order valence-corrected chi connectivity index (χ1v) is 6.54. The van der Waals surface area contributed by atoms with Gasteiger partial charge in [-0.25, -0.2) is 0 Å². The van der Waals surface area contributed by atoms with Crippen LogP contribution in [0.4, 0.5) is 11.4 Å². The Bertz CT molecular complexity index is 368. The lowest BCUT2D eigenvalue weighted by molar-refractivity contribution is 0.258. The first-order valence-electron chi connectivity index (χ1n) is 6.54. The third kappa shape index (κ3) is 2.91. The summed E-state index contributed by atoms with van der Waals surface area (Å²) >= 11 is 0. The van der Waals surface area contributed by atoms with Gasteiger partial charge < -0.3 is 10.6 Å². The van der Waals surface area contributed by atoms with Gasteiger partial charge in [0.25, 0.3) is 0 Å². The lowest BCUT2D eigenvalue weighted by atomic mass is 10.1. The zero-order valence-electron chi connectivity index (χ0n) is 10.9. The van der Waals surface area contributed by atoms with Crippen LogP contribution in [0, 0.1) is 6.92 Å². The molecule has 3 nitrogen and oxygen atoms in total. The van der Waals surface area contributed by atoms with Crippen LogP contribution in [0.15, 0.2) is 18.2 Å². The number of aryl methyl sites for hydroxylation is 1. The maximum atomic E-state index is 5.85. The number of benzene rings is 1. The molecule has 1 saturated heterocycles. The van der Waals surface area contributed by atoms with E-state index < -0.39 is 0 Å². The number of hydrogen-bond acceptors (Lipinski definition) is 3.